The number of methoxy groups -OCH3 is 1. The molecule has 0 unspecified atom stereocenters. The number of rotatable bonds is 6. The molecule has 1 saturated carbocycles. The molecule has 0 saturated heterocycles. The summed E-state index contributed by atoms with van der Waals surface area (Å²) >= 11 is 5.26. The van der Waals surface area contributed by atoms with Gasteiger partial charge in [0.1, 0.15) is 5.75 Å². The van der Waals surface area contributed by atoms with E-state index in [1.807, 2.05) is 30.3 Å². The number of benzene rings is 2. The number of nitrogens with one attached hydrogen (secondary N) is 3. The van der Waals surface area contributed by atoms with Gasteiger partial charge < -0.3 is 15.4 Å². The van der Waals surface area contributed by atoms with E-state index in [2.05, 4.69) is 16.0 Å². The number of thiocarbonyl (C=S) groups is 1. The van der Waals surface area contributed by atoms with Gasteiger partial charge in [0.15, 0.2) is 5.11 Å². The summed E-state index contributed by atoms with van der Waals surface area (Å²) in [6, 6.07) is 14.7. The van der Waals surface area contributed by atoms with Crippen molar-refractivity contribution >= 4 is 40.9 Å². The maximum absolute atomic E-state index is 12.7. The van der Waals surface area contributed by atoms with Gasteiger partial charge in [0.25, 0.3) is 5.91 Å². The van der Waals surface area contributed by atoms with Gasteiger partial charge in [-0.3, -0.25) is 14.9 Å². The van der Waals surface area contributed by atoms with Gasteiger partial charge in [-0.15, -0.1) is 0 Å². The van der Waals surface area contributed by atoms with Crippen molar-refractivity contribution in [1.82, 2.24) is 10.6 Å². The summed E-state index contributed by atoms with van der Waals surface area (Å²) in [5, 5.41) is 8.80. The third-order valence-corrected chi connectivity index (χ3v) is 5.34. The van der Waals surface area contributed by atoms with Gasteiger partial charge in [-0.1, -0.05) is 43.5 Å². The molecule has 0 bridgehead atoms. The van der Waals surface area contributed by atoms with Crippen LogP contribution in [0.3, 0.4) is 0 Å². The van der Waals surface area contributed by atoms with Crippen LogP contribution in [-0.2, 0) is 4.79 Å². The largest absolute Gasteiger partial charge is 0.497 e. The average Bonchev–Trinajstić information content (AvgIpc) is 2.79. The Morgan fingerprint density at radius 3 is 2.45 bits per heavy atom. The predicted octanol–water partition coefficient (Wildman–Crippen LogP) is 4.28. The van der Waals surface area contributed by atoms with Crippen LogP contribution in [0.4, 0.5) is 5.69 Å². The van der Waals surface area contributed by atoms with E-state index in [-0.39, 0.29) is 23.0 Å². The van der Waals surface area contributed by atoms with E-state index in [0.29, 0.717) is 11.3 Å². The first-order valence-corrected chi connectivity index (χ1v) is 10.8. The molecule has 0 radical (unpaired) electrons. The molecule has 7 heteroatoms. The van der Waals surface area contributed by atoms with Crippen LogP contribution in [0.2, 0.25) is 0 Å². The Balaban J connectivity index is 1.56. The van der Waals surface area contributed by atoms with Gasteiger partial charge in [-0.05, 0) is 61.0 Å². The van der Waals surface area contributed by atoms with E-state index in [1.165, 1.54) is 12.5 Å². The van der Waals surface area contributed by atoms with Crippen LogP contribution in [0.25, 0.3) is 6.08 Å². The van der Waals surface area contributed by atoms with Crippen molar-refractivity contribution in [2.75, 3.05) is 12.4 Å². The van der Waals surface area contributed by atoms with E-state index in [4.69, 9.17) is 17.0 Å². The number of ether oxygens (including phenoxy) is 1. The number of carbonyl (C=O) groups excluding carboxylic acids is 2. The summed E-state index contributed by atoms with van der Waals surface area (Å²) in [5.74, 6) is 0.249. The molecule has 1 fully saturated rings. The summed E-state index contributed by atoms with van der Waals surface area (Å²) < 4.78 is 5.12. The molecule has 2 amide bonds. The molecule has 0 spiro atoms. The quantitative estimate of drug-likeness (QED) is 0.464. The van der Waals surface area contributed by atoms with Crippen LogP contribution < -0.4 is 20.7 Å². The summed E-state index contributed by atoms with van der Waals surface area (Å²) in [6.07, 6.45) is 8.62. The number of hydrogen-bond acceptors (Lipinski definition) is 4. The van der Waals surface area contributed by atoms with Gasteiger partial charge >= 0.3 is 0 Å². The van der Waals surface area contributed by atoms with Crippen molar-refractivity contribution in [2.45, 2.75) is 38.1 Å². The van der Waals surface area contributed by atoms with E-state index < -0.39 is 0 Å². The van der Waals surface area contributed by atoms with Crippen molar-refractivity contribution < 1.29 is 14.3 Å². The normalized spacial score (nSPS) is 14.1. The molecule has 2 aromatic rings. The first-order chi connectivity index (χ1) is 15.0. The number of anilines is 1. The number of amides is 2. The molecule has 162 valence electrons. The van der Waals surface area contributed by atoms with Crippen molar-refractivity contribution in [3.8, 4) is 5.75 Å². The zero-order chi connectivity index (χ0) is 22.1. The van der Waals surface area contributed by atoms with E-state index in [0.717, 1.165) is 37.0 Å². The van der Waals surface area contributed by atoms with Crippen molar-refractivity contribution in [3.05, 3.63) is 65.7 Å². The van der Waals surface area contributed by atoms with E-state index >= 15 is 0 Å². The second kappa shape index (κ2) is 11.3. The van der Waals surface area contributed by atoms with Gasteiger partial charge in [0, 0.05) is 12.1 Å². The topological polar surface area (TPSA) is 79.5 Å². The highest BCUT2D eigenvalue weighted by molar-refractivity contribution is 7.80. The lowest BCUT2D eigenvalue weighted by Gasteiger charge is -2.23. The molecular weight excluding hydrogens is 410 g/mol. The monoisotopic (exact) mass is 437 g/mol. The predicted molar refractivity (Wildman–Crippen MR) is 127 cm³/mol. The minimum Gasteiger partial charge on any atom is -0.497 e. The summed E-state index contributed by atoms with van der Waals surface area (Å²) in [5.41, 5.74) is 1.92. The molecule has 6 nitrogen and oxygen atoms in total. The Hall–Kier alpha value is -3.19. The smallest absolute Gasteiger partial charge is 0.253 e. The Morgan fingerprint density at radius 1 is 1.03 bits per heavy atom. The standard InChI is InChI=1S/C24H27N3O3S/c1-30-19-14-11-17(12-15-19)13-16-22(28)27-24(31)26-21-10-6-5-9-20(21)23(29)25-18-7-3-2-4-8-18/h5-6,9-16,18H,2-4,7-8H2,1H3,(H,25,29)(H2,26,27,28,31)/b16-13+. The van der Waals surface area contributed by atoms with Crippen LogP contribution >= 0.6 is 12.2 Å². The Labute approximate surface area is 188 Å². The highest BCUT2D eigenvalue weighted by Gasteiger charge is 2.18. The Morgan fingerprint density at radius 2 is 1.74 bits per heavy atom. The first kappa shape index (κ1) is 22.5. The Kier molecular flexibility index (Phi) is 8.18. The van der Waals surface area contributed by atoms with E-state index in [1.54, 1.807) is 31.4 Å². The molecule has 1 aliphatic rings. The molecular formula is C24H27N3O3S. The maximum atomic E-state index is 12.7. The van der Waals surface area contributed by atoms with E-state index in [9.17, 15) is 9.59 Å². The van der Waals surface area contributed by atoms with Crippen LogP contribution in [0, 0.1) is 0 Å². The van der Waals surface area contributed by atoms with Crippen LogP contribution in [-0.4, -0.2) is 30.1 Å². The lowest BCUT2D eigenvalue weighted by atomic mass is 9.95. The summed E-state index contributed by atoms with van der Waals surface area (Å²) in [6.45, 7) is 0. The zero-order valence-corrected chi connectivity index (χ0v) is 18.3. The minimum absolute atomic E-state index is 0.127. The molecule has 0 heterocycles. The fourth-order valence-corrected chi connectivity index (χ4v) is 3.70. The SMILES string of the molecule is COc1ccc(/C=C/C(=O)NC(=S)Nc2ccccc2C(=O)NC2CCCCC2)cc1. The van der Waals surface area contributed by atoms with Crippen LogP contribution in [0.5, 0.6) is 5.75 Å². The molecule has 0 aromatic heterocycles. The molecule has 3 rings (SSSR count). The summed E-state index contributed by atoms with van der Waals surface area (Å²) in [4.78, 5) is 24.9. The van der Waals surface area contributed by atoms with Gasteiger partial charge in [-0.2, -0.15) is 0 Å². The minimum atomic E-state index is -0.363. The molecule has 3 N–H and O–H groups in total. The number of hydrogen-bond donors (Lipinski definition) is 3. The summed E-state index contributed by atoms with van der Waals surface area (Å²) in [7, 11) is 1.60. The van der Waals surface area contributed by atoms with Gasteiger partial charge in [0.05, 0.1) is 18.4 Å². The molecule has 31 heavy (non-hydrogen) atoms. The molecule has 0 aliphatic heterocycles. The lowest BCUT2D eigenvalue weighted by Crippen LogP contribution is -2.37. The average molecular weight is 438 g/mol. The number of carbonyl (C=O) groups is 2. The fraction of sp³-hybridized carbons (Fsp3) is 0.292. The lowest BCUT2D eigenvalue weighted by molar-refractivity contribution is -0.115. The zero-order valence-electron chi connectivity index (χ0n) is 17.5. The van der Waals surface area contributed by atoms with Crippen molar-refractivity contribution in [3.63, 3.8) is 0 Å². The second-order valence-corrected chi connectivity index (χ2v) is 7.81. The third kappa shape index (κ3) is 6.93. The highest BCUT2D eigenvalue weighted by atomic mass is 32.1. The first-order valence-electron chi connectivity index (χ1n) is 10.4. The molecule has 2 aromatic carbocycles. The van der Waals surface area contributed by atoms with Crippen LogP contribution in [0.15, 0.2) is 54.6 Å². The second-order valence-electron chi connectivity index (χ2n) is 7.40. The molecule has 1 aliphatic carbocycles. The van der Waals surface area contributed by atoms with Gasteiger partial charge in [0.2, 0.25) is 5.91 Å². The highest BCUT2D eigenvalue weighted by Crippen LogP contribution is 2.20. The van der Waals surface area contributed by atoms with Crippen LogP contribution in [0.1, 0.15) is 48.0 Å². The fourth-order valence-electron chi connectivity index (χ4n) is 3.49. The van der Waals surface area contributed by atoms with Crippen molar-refractivity contribution in [1.29, 1.82) is 0 Å². The third-order valence-electron chi connectivity index (χ3n) is 5.14. The van der Waals surface area contributed by atoms with Crippen molar-refractivity contribution in [2.24, 2.45) is 0 Å². The van der Waals surface area contributed by atoms with Gasteiger partial charge in [-0.25, -0.2) is 0 Å². The Bertz CT molecular complexity index is 951. The number of para-hydroxylation sites is 1. The molecule has 0 atom stereocenters. The maximum Gasteiger partial charge on any atom is 0.253 e.